The van der Waals surface area contributed by atoms with E-state index in [1.807, 2.05) is 6.20 Å². The van der Waals surface area contributed by atoms with Crippen molar-refractivity contribution in [2.75, 3.05) is 18.4 Å². The molecular weight excluding hydrogens is 328 g/mol. The molecule has 0 spiro atoms. The van der Waals surface area contributed by atoms with E-state index in [2.05, 4.69) is 50.3 Å². The molecule has 26 heavy (non-hydrogen) atoms. The molecule has 7 nitrogen and oxygen atoms in total. The molecule has 1 amide bonds. The molecule has 2 heterocycles. The summed E-state index contributed by atoms with van der Waals surface area (Å²) in [6.45, 7) is 5.51. The van der Waals surface area contributed by atoms with Crippen LogP contribution < -0.4 is 10.6 Å². The lowest BCUT2D eigenvalue weighted by atomic mass is 9.58. The fourth-order valence-electron chi connectivity index (χ4n) is 4.83. The smallest absolute Gasteiger partial charge is 0.224 e. The number of carbonyl (C=O) groups excluding carboxylic acids is 1. The van der Waals surface area contributed by atoms with Gasteiger partial charge in [-0.2, -0.15) is 5.10 Å². The Hall–Kier alpha value is -2.44. The van der Waals surface area contributed by atoms with Crippen LogP contribution in [0.2, 0.25) is 0 Å². The predicted octanol–water partition coefficient (Wildman–Crippen LogP) is 2.15. The molecule has 138 valence electrons. The van der Waals surface area contributed by atoms with E-state index < -0.39 is 0 Å². The number of nitrogens with one attached hydrogen (secondary N) is 2. The van der Waals surface area contributed by atoms with Crippen LogP contribution in [0.15, 0.2) is 30.9 Å². The number of aromatic nitrogens is 4. The van der Waals surface area contributed by atoms with Gasteiger partial charge >= 0.3 is 0 Å². The number of carbonyl (C=O) groups is 1. The monoisotopic (exact) mass is 354 g/mol. The van der Waals surface area contributed by atoms with Gasteiger partial charge in [0, 0.05) is 48.8 Å². The van der Waals surface area contributed by atoms with Crippen LogP contribution in [0, 0.1) is 11.8 Å². The molecule has 7 heteroatoms. The number of fused-ring (bicyclic) bond motifs is 1. The summed E-state index contributed by atoms with van der Waals surface area (Å²) in [5, 5.41) is 10.8. The molecule has 3 unspecified atom stereocenters. The molecule has 3 aliphatic carbocycles. The Morgan fingerprint density at radius 2 is 2.23 bits per heavy atom. The number of anilines is 1. The summed E-state index contributed by atoms with van der Waals surface area (Å²) in [4.78, 5) is 21.1. The van der Waals surface area contributed by atoms with E-state index >= 15 is 0 Å². The molecule has 3 aliphatic rings. The van der Waals surface area contributed by atoms with Crippen molar-refractivity contribution in [3.8, 4) is 0 Å². The molecule has 3 atom stereocenters. The molecule has 2 aromatic rings. The van der Waals surface area contributed by atoms with Crippen molar-refractivity contribution < 1.29 is 4.79 Å². The highest BCUT2D eigenvalue weighted by Gasteiger charge is 2.63. The molecule has 0 aromatic carbocycles. The standard InChI is InChI=1S/C19H26N6O/c1-13(2)25-15(4-6-24-25)19-5-3-14(11-19)17(19)18(26)23-10-9-22-16-12-20-7-8-21-16/h4,6-8,12-14,17H,3,5,9-11H2,1-2H3,(H,21,22)(H,23,26). The molecule has 2 bridgehead atoms. The van der Waals surface area contributed by atoms with Crippen LogP contribution in [-0.2, 0) is 10.2 Å². The third-order valence-corrected chi connectivity index (χ3v) is 5.90. The quantitative estimate of drug-likeness (QED) is 0.744. The number of hydrogen-bond donors (Lipinski definition) is 2. The van der Waals surface area contributed by atoms with Crippen molar-refractivity contribution in [3.05, 3.63) is 36.5 Å². The minimum atomic E-state index is -0.0200. The van der Waals surface area contributed by atoms with Crippen LogP contribution in [0.25, 0.3) is 0 Å². The first-order valence-corrected chi connectivity index (χ1v) is 9.43. The van der Waals surface area contributed by atoms with Gasteiger partial charge in [0.1, 0.15) is 5.82 Å². The van der Waals surface area contributed by atoms with Gasteiger partial charge in [0.25, 0.3) is 0 Å². The van der Waals surface area contributed by atoms with Crippen molar-refractivity contribution in [1.82, 2.24) is 25.1 Å². The Morgan fingerprint density at radius 1 is 1.35 bits per heavy atom. The summed E-state index contributed by atoms with van der Waals surface area (Å²) >= 11 is 0. The maximum atomic E-state index is 12.9. The molecule has 2 N–H and O–H groups in total. The maximum absolute atomic E-state index is 12.9. The van der Waals surface area contributed by atoms with Crippen molar-refractivity contribution in [2.45, 2.75) is 44.6 Å². The van der Waals surface area contributed by atoms with Gasteiger partial charge in [-0.15, -0.1) is 0 Å². The van der Waals surface area contributed by atoms with Crippen LogP contribution >= 0.6 is 0 Å². The molecule has 5 rings (SSSR count). The Bertz CT molecular complexity index is 769. The zero-order valence-electron chi connectivity index (χ0n) is 15.4. The second-order valence-corrected chi connectivity index (χ2v) is 7.70. The van der Waals surface area contributed by atoms with Gasteiger partial charge in [-0.1, -0.05) is 0 Å². The second kappa shape index (κ2) is 6.70. The van der Waals surface area contributed by atoms with Crippen molar-refractivity contribution in [3.63, 3.8) is 0 Å². The lowest BCUT2D eigenvalue weighted by molar-refractivity contribution is -0.133. The summed E-state index contributed by atoms with van der Waals surface area (Å²) in [5.74, 6) is 1.49. The van der Waals surface area contributed by atoms with Crippen LogP contribution in [0.3, 0.4) is 0 Å². The summed E-state index contributed by atoms with van der Waals surface area (Å²) in [7, 11) is 0. The van der Waals surface area contributed by atoms with E-state index in [1.165, 1.54) is 5.69 Å². The molecule has 3 saturated carbocycles. The van der Waals surface area contributed by atoms with Gasteiger partial charge in [0.2, 0.25) is 5.91 Å². The summed E-state index contributed by atoms with van der Waals surface area (Å²) < 4.78 is 2.09. The Morgan fingerprint density at radius 3 is 2.96 bits per heavy atom. The average Bonchev–Trinajstić information content (AvgIpc) is 3.33. The van der Waals surface area contributed by atoms with Gasteiger partial charge in [-0.3, -0.25) is 14.5 Å². The van der Waals surface area contributed by atoms with Crippen LogP contribution in [0.5, 0.6) is 0 Å². The molecule has 0 aliphatic heterocycles. The number of amides is 1. The molecule has 2 aromatic heterocycles. The molecular formula is C19H26N6O. The van der Waals surface area contributed by atoms with E-state index in [1.54, 1.807) is 18.6 Å². The van der Waals surface area contributed by atoms with Crippen LogP contribution in [0.1, 0.15) is 44.8 Å². The van der Waals surface area contributed by atoms with E-state index in [4.69, 9.17) is 0 Å². The van der Waals surface area contributed by atoms with E-state index in [9.17, 15) is 4.79 Å². The summed E-state index contributed by atoms with van der Waals surface area (Å²) in [6, 6.07) is 2.42. The van der Waals surface area contributed by atoms with Crippen molar-refractivity contribution in [2.24, 2.45) is 11.8 Å². The first-order valence-electron chi connectivity index (χ1n) is 9.43. The number of nitrogens with zero attached hydrogens (tertiary/aromatic N) is 4. The fraction of sp³-hybridized carbons (Fsp3) is 0.579. The van der Waals surface area contributed by atoms with Crippen molar-refractivity contribution >= 4 is 11.7 Å². The zero-order valence-corrected chi connectivity index (χ0v) is 15.4. The zero-order chi connectivity index (χ0) is 18.1. The van der Waals surface area contributed by atoms with Gasteiger partial charge in [0.15, 0.2) is 0 Å². The highest BCUT2D eigenvalue weighted by atomic mass is 16.2. The topological polar surface area (TPSA) is 84.7 Å². The van der Waals surface area contributed by atoms with E-state index in [-0.39, 0.29) is 17.2 Å². The number of rotatable bonds is 7. The average molecular weight is 354 g/mol. The van der Waals surface area contributed by atoms with E-state index in [0.29, 0.717) is 25.0 Å². The van der Waals surface area contributed by atoms with Gasteiger partial charge in [-0.05, 0) is 45.1 Å². The fourth-order valence-corrected chi connectivity index (χ4v) is 4.83. The minimum Gasteiger partial charge on any atom is -0.367 e. The molecule has 3 fully saturated rings. The largest absolute Gasteiger partial charge is 0.367 e. The van der Waals surface area contributed by atoms with Crippen LogP contribution in [-0.4, -0.2) is 38.7 Å². The first kappa shape index (κ1) is 17.0. The summed E-state index contributed by atoms with van der Waals surface area (Å²) in [5.41, 5.74) is 1.22. The van der Waals surface area contributed by atoms with Gasteiger partial charge in [0.05, 0.1) is 12.1 Å². The molecule has 0 saturated heterocycles. The third-order valence-electron chi connectivity index (χ3n) is 5.90. The van der Waals surface area contributed by atoms with Crippen molar-refractivity contribution in [1.29, 1.82) is 0 Å². The Balaban J connectivity index is 1.38. The van der Waals surface area contributed by atoms with E-state index in [0.717, 1.165) is 25.1 Å². The first-order chi connectivity index (χ1) is 12.6. The summed E-state index contributed by atoms with van der Waals surface area (Å²) in [6.07, 6.45) is 10.2. The highest BCUT2D eigenvalue weighted by Crippen LogP contribution is 2.64. The normalized spacial score (nSPS) is 26.6. The predicted molar refractivity (Wildman–Crippen MR) is 98.7 cm³/mol. The maximum Gasteiger partial charge on any atom is 0.224 e. The minimum absolute atomic E-state index is 0.0200. The Kier molecular flexibility index (Phi) is 4.38. The Labute approximate surface area is 153 Å². The van der Waals surface area contributed by atoms with Gasteiger partial charge < -0.3 is 10.6 Å². The SMILES string of the molecule is CC(C)n1nccc1C12CCC(C1)C2C(=O)NCCNc1cnccn1. The number of hydrogen-bond acceptors (Lipinski definition) is 5. The lowest BCUT2D eigenvalue weighted by Gasteiger charge is -2.46. The second-order valence-electron chi connectivity index (χ2n) is 7.70. The third kappa shape index (κ3) is 2.75. The van der Waals surface area contributed by atoms with Crippen LogP contribution in [0.4, 0.5) is 5.82 Å². The van der Waals surface area contributed by atoms with Gasteiger partial charge in [-0.25, -0.2) is 4.98 Å². The highest BCUT2D eigenvalue weighted by molar-refractivity contribution is 5.83. The lowest BCUT2D eigenvalue weighted by Crippen LogP contribution is -2.53. The molecule has 0 radical (unpaired) electrons.